The summed E-state index contributed by atoms with van der Waals surface area (Å²) >= 11 is 0. The van der Waals surface area contributed by atoms with Gasteiger partial charge >= 0.3 is 0 Å². The normalized spacial score (nSPS) is 11.1. The van der Waals surface area contributed by atoms with Crippen LogP contribution in [0.25, 0.3) is 0 Å². The lowest BCUT2D eigenvalue weighted by molar-refractivity contribution is 0.112. The Hall–Kier alpha value is -1.14. The van der Waals surface area contributed by atoms with Crippen LogP contribution in [0.4, 0.5) is 4.39 Å². The Labute approximate surface area is 90.0 Å². The van der Waals surface area contributed by atoms with Gasteiger partial charge in [0.15, 0.2) is 11.6 Å². The van der Waals surface area contributed by atoms with E-state index in [1.165, 1.54) is 0 Å². The number of hydrogen-bond donors (Lipinski definition) is 0. The van der Waals surface area contributed by atoms with Crippen molar-refractivity contribution in [3.05, 3.63) is 23.5 Å². The van der Waals surface area contributed by atoms with E-state index < -0.39 is 25.5 Å². The summed E-state index contributed by atoms with van der Waals surface area (Å²) in [6.45, 7) is 0. The van der Waals surface area contributed by atoms with Gasteiger partial charge in [0.1, 0.15) is 11.2 Å². The first-order valence-corrected chi connectivity index (χ1v) is 5.98. The fourth-order valence-corrected chi connectivity index (χ4v) is 2.06. The number of halogens is 2. The van der Waals surface area contributed by atoms with Crippen molar-refractivity contribution in [1.29, 1.82) is 0 Å². The maximum atomic E-state index is 13.2. The third-order valence-electron chi connectivity index (χ3n) is 1.63. The first-order chi connectivity index (χ1) is 6.90. The Morgan fingerprint density at radius 2 is 2.07 bits per heavy atom. The first-order valence-electron chi connectivity index (χ1n) is 3.67. The maximum absolute atomic E-state index is 13.2. The van der Waals surface area contributed by atoms with Crippen LogP contribution in [0.2, 0.25) is 0 Å². The van der Waals surface area contributed by atoms with Crippen molar-refractivity contribution in [1.82, 2.24) is 0 Å². The summed E-state index contributed by atoms with van der Waals surface area (Å²) in [5.74, 6) is -1.46. The Morgan fingerprint density at radius 1 is 1.47 bits per heavy atom. The minimum Gasteiger partial charge on any atom is -0.492 e. The maximum Gasteiger partial charge on any atom is 0.265 e. The number of rotatable bonds is 3. The van der Waals surface area contributed by atoms with Crippen LogP contribution in [0, 0.1) is 5.82 Å². The lowest BCUT2D eigenvalue weighted by Gasteiger charge is -2.07. The first kappa shape index (κ1) is 11.9. The number of carbonyl (C=O) groups is 1. The van der Waals surface area contributed by atoms with Gasteiger partial charge in [0.05, 0.1) is 7.11 Å². The minimum atomic E-state index is -4.15. The van der Waals surface area contributed by atoms with Crippen LogP contribution in [0.5, 0.6) is 5.75 Å². The summed E-state index contributed by atoms with van der Waals surface area (Å²) in [6.07, 6.45) is 0.314. The summed E-state index contributed by atoms with van der Waals surface area (Å²) < 4.78 is 39.8. The van der Waals surface area contributed by atoms with Crippen molar-refractivity contribution >= 4 is 26.0 Å². The van der Waals surface area contributed by atoms with E-state index in [0.29, 0.717) is 6.29 Å². The van der Waals surface area contributed by atoms with Crippen molar-refractivity contribution in [3.63, 3.8) is 0 Å². The second-order valence-corrected chi connectivity index (χ2v) is 5.12. The lowest BCUT2D eigenvalue weighted by atomic mass is 10.2. The number of methoxy groups -OCH3 is 1. The largest absolute Gasteiger partial charge is 0.492 e. The molecule has 82 valence electrons. The van der Waals surface area contributed by atoms with Gasteiger partial charge in [-0.15, -0.1) is 0 Å². The van der Waals surface area contributed by atoms with Gasteiger partial charge in [-0.05, 0) is 12.1 Å². The molecule has 0 saturated carbocycles. The molecule has 0 bridgehead atoms. The molecule has 4 nitrogen and oxygen atoms in total. The molecule has 0 heterocycles. The average molecular weight is 253 g/mol. The van der Waals surface area contributed by atoms with Crippen LogP contribution in [-0.4, -0.2) is 21.8 Å². The van der Waals surface area contributed by atoms with Crippen molar-refractivity contribution < 1.29 is 22.3 Å². The van der Waals surface area contributed by atoms with Crippen LogP contribution in [0.15, 0.2) is 17.0 Å². The van der Waals surface area contributed by atoms with Gasteiger partial charge in [-0.3, -0.25) is 4.79 Å². The summed E-state index contributed by atoms with van der Waals surface area (Å²) in [6, 6.07) is 1.80. The molecular weight excluding hydrogens is 247 g/mol. The van der Waals surface area contributed by atoms with E-state index in [2.05, 4.69) is 4.74 Å². The molecule has 0 fully saturated rings. The molecule has 0 saturated heterocycles. The van der Waals surface area contributed by atoms with Gasteiger partial charge in [0.2, 0.25) is 0 Å². The molecule has 0 amide bonds. The molecule has 1 aromatic rings. The van der Waals surface area contributed by atoms with E-state index >= 15 is 0 Å². The zero-order valence-corrected chi connectivity index (χ0v) is 9.10. The number of hydrogen-bond acceptors (Lipinski definition) is 4. The molecule has 0 aliphatic heterocycles. The molecule has 0 aliphatic carbocycles. The highest BCUT2D eigenvalue weighted by molar-refractivity contribution is 8.13. The highest BCUT2D eigenvalue weighted by atomic mass is 35.7. The second-order valence-electron chi connectivity index (χ2n) is 2.59. The van der Waals surface area contributed by atoms with Crippen LogP contribution >= 0.6 is 10.7 Å². The number of carbonyl (C=O) groups excluding carboxylic acids is 1. The van der Waals surface area contributed by atoms with Crippen molar-refractivity contribution in [2.24, 2.45) is 0 Å². The Morgan fingerprint density at radius 3 is 2.47 bits per heavy atom. The minimum absolute atomic E-state index is 0.132. The molecule has 15 heavy (non-hydrogen) atoms. The summed E-state index contributed by atoms with van der Waals surface area (Å²) in [4.78, 5) is 9.83. The number of ether oxygens (including phenoxy) is 1. The van der Waals surface area contributed by atoms with Crippen molar-refractivity contribution in [2.45, 2.75) is 4.90 Å². The van der Waals surface area contributed by atoms with E-state index in [-0.39, 0.29) is 5.56 Å². The van der Waals surface area contributed by atoms with Crippen molar-refractivity contribution in [2.75, 3.05) is 7.11 Å². The highest BCUT2D eigenvalue weighted by Crippen LogP contribution is 2.30. The summed E-state index contributed by atoms with van der Waals surface area (Å²) in [5, 5.41) is 0. The number of benzene rings is 1. The fourth-order valence-electron chi connectivity index (χ4n) is 1.04. The molecule has 1 rings (SSSR count). The highest BCUT2D eigenvalue weighted by Gasteiger charge is 2.21. The molecule has 0 aliphatic rings. The zero-order valence-electron chi connectivity index (χ0n) is 7.53. The lowest BCUT2D eigenvalue weighted by Crippen LogP contribution is -2.00. The standard InChI is InChI=1S/C8H6ClFO4S/c1-14-8-6(10)2-5(4-11)3-7(8)15(9,12)13/h2-4H,1H3. The van der Waals surface area contributed by atoms with Gasteiger partial charge in [0, 0.05) is 16.2 Å². The van der Waals surface area contributed by atoms with E-state index in [4.69, 9.17) is 10.7 Å². The third kappa shape index (κ3) is 2.45. The predicted octanol–water partition coefficient (Wildman–Crippen LogP) is 1.57. The average Bonchev–Trinajstić information content (AvgIpc) is 2.15. The number of aldehydes is 1. The van der Waals surface area contributed by atoms with Gasteiger partial charge in [-0.25, -0.2) is 12.8 Å². The van der Waals surface area contributed by atoms with Gasteiger partial charge < -0.3 is 4.74 Å². The molecule has 0 N–H and O–H groups in total. The quantitative estimate of drug-likeness (QED) is 0.605. The van der Waals surface area contributed by atoms with E-state index in [1.807, 2.05) is 0 Å². The van der Waals surface area contributed by atoms with Crippen LogP contribution in [-0.2, 0) is 9.05 Å². The molecule has 0 unspecified atom stereocenters. The van der Waals surface area contributed by atoms with Gasteiger partial charge in [0.25, 0.3) is 9.05 Å². The van der Waals surface area contributed by atoms with Gasteiger partial charge in [-0.2, -0.15) is 0 Å². The molecule has 0 spiro atoms. The second kappa shape index (κ2) is 4.16. The zero-order chi connectivity index (χ0) is 11.6. The fraction of sp³-hybridized carbons (Fsp3) is 0.125. The Bertz CT molecular complexity index is 498. The van der Waals surface area contributed by atoms with Crippen molar-refractivity contribution in [3.8, 4) is 5.75 Å². The summed E-state index contributed by atoms with van der Waals surface area (Å²) in [7, 11) is 2.00. The summed E-state index contributed by atoms with van der Waals surface area (Å²) in [5.41, 5.74) is -0.132. The van der Waals surface area contributed by atoms with Gasteiger partial charge in [-0.1, -0.05) is 0 Å². The smallest absolute Gasteiger partial charge is 0.265 e. The van der Waals surface area contributed by atoms with Crippen LogP contribution < -0.4 is 4.74 Å². The van der Waals surface area contributed by atoms with E-state index in [0.717, 1.165) is 19.2 Å². The SMILES string of the molecule is COc1c(F)cc(C=O)cc1S(=O)(=O)Cl. The Balaban J connectivity index is 3.60. The molecule has 0 aromatic heterocycles. The van der Waals surface area contributed by atoms with Crippen LogP contribution in [0.3, 0.4) is 0 Å². The topological polar surface area (TPSA) is 60.4 Å². The predicted molar refractivity (Wildman–Crippen MR) is 51.4 cm³/mol. The van der Waals surface area contributed by atoms with E-state index in [9.17, 15) is 17.6 Å². The molecule has 7 heteroatoms. The molecule has 0 atom stereocenters. The molecule has 1 aromatic carbocycles. The molecular formula is C8H6ClFO4S. The van der Waals surface area contributed by atoms with E-state index in [1.54, 1.807) is 0 Å². The van der Waals surface area contributed by atoms with Crippen LogP contribution in [0.1, 0.15) is 10.4 Å². The molecule has 0 radical (unpaired) electrons. The monoisotopic (exact) mass is 252 g/mol. The third-order valence-corrected chi connectivity index (χ3v) is 2.96. The Kier molecular flexibility index (Phi) is 3.31.